The van der Waals surface area contributed by atoms with Crippen LogP contribution in [-0.4, -0.2) is 44.3 Å². The molecule has 0 aromatic rings. The number of ether oxygens (including phenoxy) is 1. The minimum atomic E-state index is 0.371. The number of nitrogens with two attached hydrogens (primary N) is 1. The summed E-state index contributed by atoms with van der Waals surface area (Å²) in [5.74, 6) is 1.44. The van der Waals surface area contributed by atoms with Crippen molar-refractivity contribution in [3.8, 4) is 0 Å². The molecule has 1 fully saturated rings. The highest BCUT2D eigenvalue weighted by atomic mass is 16.5. The van der Waals surface area contributed by atoms with E-state index in [4.69, 9.17) is 10.5 Å². The van der Waals surface area contributed by atoms with Gasteiger partial charge in [0.05, 0.1) is 6.61 Å². The summed E-state index contributed by atoms with van der Waals surface area (Å²) in [6.45, 7) is 11.2. The minimum Gasteiger partial charge on any atom is -0.383 e. The van der Waals surface area contributed by atoms with Gasteiger partial charge in [-0.15, -0.1) is 0 Å². The van der Waals surface area contributed by atoms with Crippen LogP contribution in [0.2, 0.25) is 0 Å². The van der Waals surface area contributed by atoms with Gasteiger partial charge in [0, 0.05) is 25.7 Å². The molecule has 0 saturated heterocycles. The van der Waals surface area contributed by atoms with E-state index in [0.717, 1.165) is 19.1 Å². The third-order valence-electron chi connectivity index (χ3n) is 4.95. The molecule has 1 rings (SSSR count). The quantitative estimate of drug-likeness (QED) is 0.835. The average molecular weight is 270 g/mol. The van der Waals surface area contributed by atoms with Crippen LogP contribution in [0.1, 0.15) is 47.0 Å². The Morgan fingerprint density at radius 3 is 2.47 bits per heavy atom. The van der Waals surface area contributed by atoms with E-state index in [1.165, 1.54) is 19.3 Å². The number of likely N-dealkylation sites (N-methyl/N-ethyl adjacent to an activating group) is 1. The van der Waals surface area contributed by atoms with Crippen LogP contribution in [0.4, 0.5) is 0 Å². The summed E-state index contributed by atoms with van der Waals surface area (Å²) in [6, 6.07) is 0.836. The lowest BCUT2D eigenvalue weighted by Crippen LogP contribution is -2.46. The molecular weight excluding hydrogens is 236 g/mol. The van der Waals surface area contributed by atoms with E-state index in [1.807, 2.05) is 0 Å². The fourth-order valence-electron chi connectivity index (χ4n) is 3.20. The molecule has 2 N–H and O–H groups in total. The minimum absolute atomic E-state index is 0.371. The van der Waals surface area contributed by atoms with Crippen molar-refractivity contribution in [3.05, 3.63) is 0 Å². The highest BCUT2D eigenvalue weighted by molar-refractivity contribution is 4.89. The molecule has 0 aliphatic heterocycles. The largest absolute Gasteiger partial charge is 0.383 e. The second-order valence-corrected chi connectivity index (χ2v) is 7.54. The first-order chi connectivity index (χ1) is 8.75. The van der Waals surface area contributed by atoms with Crippen LogP contribution in [0.15, 0.2) is 0 Å². The predicted octanol–water partition coefficient (Wildman–Crippen LogP) is 2.74. The number of nitrogens with zero attached hydrogens (tertiary/aromatic N) is 1. The number of rotatable bonds is 5. The van der Waals surface area contributed by atoms with E-state index in [-0.39, 0.29) is 0 Å². The SMILES string of the molecule is COCC(C)N(C)CC1CC(C(C)(C)C)CCC1N. The Labute approximate surface area is 119 Å². The van der Waals surface area contributed by atoms with Gasteiger partial charge >= 0.3 is 0 Å². The van der Waals surface area contributed by atoms with E-state index < -0.39 is 0 Å². The van der Waals surface area contributed by atoms with E-state index in [0.29, 0.717) is 23.4 Å². The molecule has 0 radical (unpaired) electrons. The summed E-state index contributed by atoms with van der Waals surface area (Å²) in [5, 5.41) is 0. The number of methoxy groups -OCH3 is 1. The summed E-state index contributed by atoms with van der Waals surface area (Å²) < 4.78 is 5.24. The van der Waals surface area contributed by atoms with E-state index in [1.54, 1.807) is 7.11 Å². The van der Waals surface area contributed by atoms with Crippen molar-refractivity contribution >= 4 is 0 Å². The van der Waals surface area contributed by atoms with Crippen molar-refractivity contribution < 1.29 is 4.74 Å². The van der Waals surface area contributed by atoms with Crippen molar-refractivity contribution in [2.75, 3.05) is 27.3 Å². The molecule has 3 nitrogen and oxygen atoms in total. The number of hydrogen-bond acceptors (Lipinski definition) is 3. The second kappa shape index (κ2) is 7.05. The molecule has 1 aliphatic carbocycles. The smallest absolute Gasteiger partial charge is 0.0615 e. The van der Waals surface area contributed by atoms with Gasteiger partial charge in [0.2, 0.25) is 0 Å². The standard InChI is InChI=1S/C16H34N2O/c1-12(11-19-6)18(5)10-13-9-14(16(2,3)4)7-8-15(13)17/h12-15H,7-11,17H2,1-6H3. The Morgan fingerprint density at radius 1 is 1.32 bits per heavy atom. The molecule has 0 amide bonds. The first-order valence-corrected chi connectivity index (χ1v) is 7.70. The van der Waals surface area contributed by atoms with E-state index in [9.17, 15) is 0 Å². The van der Waals surface area contributed by atoms with Gasteiger partial charge in [-0.25, -0.2) is 0 Å². The Balaban J connectivity index is 2.55. The third-order valence-corrected chi connectivity index (χ3v) is 4.95. The van der Waals surface area contributed by atoms with Crippen molar-refractivity contribution in [2.45, 2.75) is 59.0 Å². The Kier molecular flexibility index (Phi) is 6.28. The predicted molar refractivity (Wildman–Crippen MR) is 82.2 cm³/mol. The maximum Gasteiger partial charge on any atom is 0.0615 e. The van der Waals surface area contributed by atoms with Crippen LogP contribution in [0, 0.1) is 17.3 Å². The summed E-state index contributed by atoms with van der Waals surface area (Å²) in [7, 11) is 3.96. The molecule has 0 spiro atoms. The zero-order valence-electron chi connectivity index (χ0n) is 13.8. The first kappa shape index (κ1) is 16.9. The van der Waals surface area contributed by atoms with Gasteiger partial charge in [-0.1, -0.05) is 20.8 Å². The Morgan fingerprint density at radius 2 is 1.95 bits per heavy atom. The van der Waals surface area contributed by atoms with Crippen LogP contribution >= 0.6 is 0 Å². The molecule has 1 aliphatic rings. The Hall–Kier alpha value is -0.120. The summed E-state index contributed by atoms with van der Waals surface area (Å²) in [6.07, 6.45) is 3.74. The molecule has 0 bridgehead atoms. The first-order valence-electron chi connectivity index (χ1n) is 7.70. The van der Waals surface area contributed by atoms with E-state index >= 15 is 0 Å². The maximum absolute atomic E-state index is 6.35. The second-order valence-electron chi connectivity index (χ2n) is 7.54. The van der Waals surface area contributed by atoms with Crippen LogP contribution in [0.25, 0.3) is 0 Å². The lowest BCUT2D eigenvalue weighted by molar-refractivity contribution is 0.0714. The Bertz CT molecular complexity index is 262. The molecule has 3 heteroatoms. The lowest BCUT2D eigenvalue weighted by Gasteiger charge is -2.42. The molecule has 0 heterocycles. The lowest BCUT2D eigenvalue weighted by atomic mass is 9.67. The molecule has 0 aromatic heterocycles. The molecule has 1 saturated carbocycles. The highest BCUT2D eigenvalue weighted by Crippen LogP contribution is 2.40. The van der Waals surface area contributed by atoms with Crippen LogP contribution in [-0.2, 0) is 4.74 Å². The van der Waals surface area contributed by atoms with Crippen molar-refractivity contribution in [1.82, 2.24) is 4.90 Å². The van der Waals surface area contributed by atoms with Crippen molar-refractivity contribution in [3.63, 3.8) is 0 Å². The van der Waals surface area contributed by atoms with Gasteiger partial charge in [0.15, 0.2) is 0 Å². The topological polar surface area (TPSA) is 38.5 Å². The molecule has 4 atom stereocenters. The van der Waals surface area contributed by atoms with Gasteiger partial charge in [-0.3, -0.25) is 0 Å². The van der Waals surface area contributed by atoms with E-state index in [2.05, 4.69) is 39.6 Å². The van der Waals surface area contributed by atoms with Crippen LogP contribution in [0.3, 0.4) is 0 Å². The molecule has 114 valence electrons. The summed E-state index contributed by atoms with van der Waals surface area (Å²) in [4.78, 5) is 2.40. The van der Waals surface area contributed by atoms with Gasteiger partial charge in [-0.2, -0.15) is 0 Å². The fraction of sp³-hybridized carbons (Fsp3) is 1.00. The molecule has 19 heavy (non-hydrogen) atoms. The van der Waals surface area contributed by atoms with Crippen LogP contribution in [0.5, 0.6) is 0 Å². The number of hydrogen-bond donors (Lipinski definition) is 1. The molecule has 4 unspecified atom stereocenters. The monoisotopic (exact) mass is 270 g/mol. The van der Waals surface area contributed by atoms with Gasteiger partial charge in [0.25, 0.3) is 0 Å². The van der Waals surface area contributed by atoms with Gasteiger partial charge in [0.1, 0.15) is 0 Å². The summed E-state index contributed by atoms with van der Waals surface area (Å²) in [5.41, 5.74) is 6.76. The zero-order chi connectivity index (χ0) is 14.6. The maximum atomic E-state index is 6.35. The van der Waals surface area contributed by atoms with Crippen LogP contribution < -0.4 is 5.73 Å². The fourth-order valence-corrected chi connectivity index (χ4v) is 3.20. The normalized spacial score (nSPS) is 30.6. The molecule has 0 aromatic carbocycles. The van der Waals surface area contributed by atoms with Crippen molar-refractivity contribution in [2.24, 2.45) is 23.0 Å². The average Bonchev–Trinajstić information content (AvgIpc) is 2.30. The molecular formula is C16H34N2O. The van der Waals surface area contributed by atoms with Gasteiger partial charge in [-0.05, 0) is 50.5 Å². The zero-order valence-corrected chi connectivity index (χ0v) is 13.8. The highest BCUT2D eigenvalue weighted by Gasteiger charge is 2.35. The summed E-state index contributed by atoms with van der Waals surface area (Å²) >= 11 is 0. The van der Waals surface area contributed by atoms with Crippen molar-refractivity contribution in [1.29, 1.82) is 0 Å². The van der Waals surface area contributed by atoms with Gasteiger partial charge < -0.3 is 15.4 Å². The third kappa shape index (κ3) is 5.05.